The normalized spacial score (nSPS) is 31.9. The van der Waals surface area contributed by atoms with Crippen molar-refractivity contribution in [3.8, 4) is 0 Å². The van der Waals surface area contributed by atoms with E-state index in [9.17, 15) is 18.0 Å². The maximum absolute atomic E-state index is 12.0. The lowest BCUT2D eigenvalue weighted by atomic mass is 9.96. The van der Waals surface area contributed by atoms with Crippen LogP contribution in [0.1, 0.15) is 26.2 Å². The summed E-state index contributed by atoms with van der Waals surface area (Å²) in [5, 5.41) is 11.1. The summed E-state index contributed by atoms with van der Waals surface area (Å²) >= 11 is 0. The van der Waals surface area contributed by atoms with Crippen LogP contribution in [0.5, 0.6) is 0 Å². The van der Waals surface area contributed by atoms with Crippen LogP contribution in [0, 0.1) is 5.92 Å². The molecule has 1 aliphatic rings. The van der Waals surface area contributed by atoms with Crippen LogP contribution < -0.4 is 5.32 Å². The highest BCUT2D eigenvalue weighted by Crippen LogP contribution is 2.35. The highest BCUT2D eigenvalue weighted by molar-refractivity contribution is 5.79. The molecule has 0 heterocycles. The average molecular weight is 225 g/mol. The minimum atomic E-state index is -4.37. The lowest BCUT2D eigenvalue weighted by molar-refractivity contribution is -0.150. The predicted octanol–water partition coefficient (Wildman–Crippen LogP) is 1.78. The molecular weight excluding hydrogens is 211 g/mol. The van der Waals surface area contributed by atoms with Crippen molar-refractivity contribution >= 4 is 5.97 Å². The molecule has 1 rings (SSSR count). The Morgan fingerprint density at radius 1 is 1.60 bits per heavy atom. The Labute approximate surface area is 85.7 Å². The van der Waals surface area contributed by atoms with Gasteiger partial charge in [-0.15, -0.1) is 0 Å². The summed E-state index contributed by atoms with van der Waals surface area (Å²) in [5.74, 6) is -1.03. The topological polar surface area (TPSA) is 49.3 Å². The van der Waals surface area contributed by atoms with Crippen LogP contribution in [0.3, 0.4) is 0 Å². The molecule has 1 fully saturated rings. The number of carboxylic acid groups (broad SMARTS) is 1. The average Bonchev–Trinajstić information content (AvgIpc) is 2.44. The maximum atomic E-state index is 12.0. The van der Waals surface area contributed by atoms with Crippen molar-refractivity contribution in [2.45, 2.75) is 37.9 Å². The molecule has 0 spiro atoms. The van der Waals surface area contributed by atoms with Crippen LogP contribution in [-0.2, 0) is 4.79 Å². The standard InChI is InChI=1S/C9H14F3NO2/c1-6-2-3-8(4-6,7(14)15)13-5-9(10,11)12/h6,13H,2-5H2,1H3,(H,14,15). The molecule has 0 radical (unpaired) electrons. The Balaban J connectivity index is 2.64. The Bertz CT molecular complexity index is 254. The van der Waals surface area contributed by atoms with Crippen LogP contribution in [0.15, 0.2) is 0 Å². The van der Waals surface area contributed by atoms with Gasteiger partial charge < -0.3 is 5.11 Å². The van der Waals surface area contributed by atoms with E-state index >= 15 is 0 Å². The van der Waals surface area contributed by atoms with Crippen molar-refractivity contribution in [2.75, 3.05) is 6.54 Å². The smallest absolute Gasteiger partial charge is 0.401 e. The summed E-state index contributed by atoms with van der Waals surface area (Å²) in [6, 6.07) is 0. The van der Waals surface area contributed by atoms with Gasteiger partial charge in [0.2, 0.25) is 0 Å². The molecule has 2 unspecified atom stereocenters. The van der Waals surface area contributed by atoms with Gasteiger partial charge >= 0.3 is 12.1 Å². The second-order valence-electron chi connectivity index (χ2n) is 4.20. The molecule has 2 atom stereocenters. The van der Waals surface area contributed by atoms with E-state index < -0.39 is 24.2 Å². The number of halogens is 3. The van der Waals surface area contributed by atoms with Crippen LogP contribution in [0.4, 0.5) is 13.2 Å². The summed E-state index contributed by atoms with van der Waals surface area (Å²) in [6.45, 7) is 0.603. The van der Waals surface area contributed by atoms with Gasteiger partial charge in [0.15, 0.2) is 0 Å². The summed E-state index contributed by atoms with van der Waals surface area (Å²) in [4.78, 5) is 11.0. The molecule has 88 valence electrons. The first-order valence-electron chi connectivity index (χ1n) is 4.80. The highest BCUT2D eigenvalue weighted by Gasteiger charge is 2.45. The zero-order chi connectivity index (χ0) is 11.7. The fourth-order valence-corrected chi connectivity index (χ4v) is 1.99. The van der Waals surface area contributed by atoms with Crippen LogP contribution >= 0.6 is 0 Å². The summed E-state index contributed by atoms with van der Waals surface area (Å²) in [5.41, 5.74) is -1.38. The molecule has 3 nitrogen and oxygen atoms in total. The lowest BCUT2D eigenvalue weighted by Crippen LogP contribution is -2.53. The molecule has 15 heavy (non-hydrogen) atoms. The van der Waals surface area contributed by atoms with E-state index in [1.807, 2.05) is 6.92 Å². The highest BCUT2D eigenvalue weighted by atomic mass is 19.4. The number of carbonyl (C=O) groups is 1. The molecular formula is C9H14F3NO2. The molecule has 6 heteroatoms. The van der Waals surface area contributed by atoms with Crippen LogP contribution in [0.25, 0.3) is 0 Å². The largest absolute Gasteiger partial charge is 0.480 e. The third-order valence-electron chi connectivity index (χ3n) is 2.80. The molecule has 0 bridgehead atoms. The van der Waals surface area contributed by atoms with Crippen molar-refractivity contribution in [1.82, 2.24) is 5.32 Å². The Morgan fingerprint density at radius 3 is 2.53 bits per heavy atom. The van der Waals surface area contributed by atoms with Gasteiger partial charge in [0.05, 0.1) is 6.54 Å². The number of rotatable bonds is 3. The monoisotopic (exact) mass is 225 g/mol. The van der Waals surface area contributed by atoms with Crippen LogP contribution in [-0.4, -0.2) is 29.3 Å². The van der Waals surface area contributed by atoms with Gasteiger partial charge in [-0.3, -0.25) is 10.1 Å². The first-order valence-corrected chi connectivity index (χ1v) is 4.80. The molecule has 0 aromatic heterocycles. The van der Waals surface area contributed by atoms with E-state index in [1.54, 1.807) is 0 Å². The van der Waals surface area contributed by atoms with Gasteiger partial charge in [0, 0.05) is 0 Å². The quantitative estimate of drug-likeness (QED) is 0.769. The van der Waals surface area contributed by atoms with E-state index in [1.165, 1.54) is 0 Å². The van der Waals surface area contributed by atoms with Crippen LogP contribution in [0.2, 0.25) is 0 Å². The van der Waals surface area contributed by atoms with E-state index in [0.717, 1.165) is 0 Å². The zero-order valence-electron chi connectivity index (χ0n) is 8.40. The first-order chi connectivity index (χ1) is 6.75. The first kappa shape index (κ1) is 12.3. The molecule has 0 aliphatic heterocycles. The molecule has 2 N–H and O–H groups in total. The zero-order valence-corrected chi connectivity index (χ0v) is 8.40. The van der Waals surface area contributed by atoms with Gasteiger partial charge in [-0.2, -0.15) is 13.2 Å². The fraction of sp³-hybridized carbons (Fsp3) is 0.889. The Kier molecular flexibility index (Phi) is 3.28. The Hall–Kier alpha value is -0.780. The van der Waals surface area contributed by atoms with E-state index in [2.05, 4.69) is 5.32 Å². The van der Waals surface area contributed by atoms with Gasteiger partial charge in [-0.05, 0) is 25.2 Å². The van der Waals surface area contributed by atoms with E-state index in [-0.39, 0.29) is 18.8 Å². The van der Waals surface area contributed by atoms with Crippen molar-refractivity contribution in [3.63, 3.8) is 0 Å². The SMILES string of the molecule is CC1CCC(NCC(F)(F)F)(C(=O)O)C1. The summed E-state index contributed by atoms with van der Waals surface area (Å²) in [6.07, 6.45) is -3.19. The van der Waals surface area contributed by atoms with E-state index in [0.29, 0.717) is 6.42 Å². The molecule has 1 saturated carbocycles. The fourth-order valence-electron chi connectivity index (χ4n) is 1.99. The number of hydrogen-bond acceptors (Lipinski definition) is 2. The maximum Gasteiger partial charge on any atom is 0.401 e. The lowest BCUT2D eigenvalue weighted by Gasteiger charge is -2.26. The minimum absolute atomic E-state index is 0.154. The number of carboxylic acids is 1. The molecule has 1 aliphatic carbocycles. The number of aliphatic carboxylic acids is 1. The Morgan fingerprint density at radius 2 is 2.20 bits per heavy atom. The summed E-state index contributed by atoms with van der Waals surface area (Å²) in [7, 11) is 0. The number of nitrogens with one attached hydrogen (secondary N) is 1. The third kappa shape index (κ3) is 3.09. The summed E-state index contributed by atoms with van der Waals surface area (Å²) < 4.78 is 36.0. The number of alkyl halides is 3. The molecule has 0 aromatic carbocycles. The second kappa shape index (κ2) is 4.00. The predicted molar refractivity (Wildman–Crippen MR) is 47.4 cm³/mol. The molecule has 0 aromatic rings. The van der Waals surface area contributed by atoms with Crippen molar-refractivity contribution in [1.29, 1.82) is 0 Å². The van der Waals surface area contributed by atoms with Gasteiger partial charge in [-0.25, -0.2) is 0 Å². The van der Waals surface area contributed by atoms with Crippen molar-refractivity contribution < 1.29 is 23.1 Å². The second-order valence-corrected chi connectivity index (χ2v) is 4.20. The van der Waals surface area contributed by atoms with E-state index in [4.69, 9.17) is 5.11 Å². The number of hydrogen-bond donors (Lipinski definition) is 2. The van der Waals surface area contributed by atoms with Crippen molar-refractivity contribution in [3.05, 3.63) is 0 Å². The molecule has 0 amide bonds. The van der Waals surface area contributed by atoms with Gasteiger partial charge in [0.1, 0.15) is 5.54 Å². The third-order valence-corrected chi connectivity index (χ3v) is 2.80. The van der Waals surface area contributed by atoms with Gasteiger partial charge in [-0.1, -0.05) is 6.92 Å². The van der Waals surface area contributed by atoms with Gasteiger partial charge in [0.25, 0.3) is 0 Å². The molecule has 0 saturated heterocycles. The minimum Gasteiger partial charge on any atom is -0.480 e. The van der Waals surface area contributed by atoms with Crippen molar-refractivity contribution in [2.24, 2.45) is 5.92 Å².